The molecule has 1 atom stereocenters. The predicted octanol–water partition coefficient (Wildman–Crippen LogP) is 2.73. The first-order chi connectivity index (χ1) is 8.83. The molecule has 1 unspecified atom stereocenters. The van der Waals surface area contributed by atoms with Gasteiger partial charge in [-0.05, 0) is 46.5 Å². The van der Waals surface area contributed by atoms with E-state index in [0.29, 0.717) is 19.4 Å². The van der Waals surface area contributed by atoms with E-state index in [1.165, 1.54) is 7.11 Å². The minimum Gasteiger partial charge on any atom is -0.469 e. The first kappa shape index (κ1) is 15.8. The van der Waals surface area contributed by atoms with Crippen LogP contribution >= 0.6 is 0 Å². The molecule has 19 heavy (non-hydrogen) atoms. The van der Waals surface area contributed by atoms with Gasteiger partial charge in [0.05, 0.1) is 7.11 Å². The third-order valence-electron chi connectivity index (χ3n) is 3.16. The minimum absolute atomic E-state index is 0.0858. The molecule has 110 valence electrons. The molecule has 0 spiro atoms. The van der Waals surface area contributed by atoms with Gasteiger partial charge in [-0.2, -0.15) is 0 Å². The standard InChI is InChI=1S/C14H25NO4/c1-14(2,3)19-13(17)15-10-6-5-7-11(15)8-9-12(16)18-4/h11H,5-10H2,1-4H3. The van der Waals surface area contributed by atoms with E-state index < -0.39 is 5.60 Å². The van der Waals surface area contributed by atoms with E-state index in [9.17, 15) is 9.59 Å². The summed E-state index contributed by atoms with van der Waals surface area (Å²) in [6, 6.07) is 0.0858. The van der Waals surface area contributed by atoms with Crippen molar-refractivity contribution in [3.63, 3.8) is 0 Å². The van der Waals surface area contributed by atoms with Gasteiger partial charge in [0.1, 0.15) is 5.60 Å². The number of carbonyl (C=O) groups excluding carboxylic acids is 2. The van der Waals surface area contributed by atoms with Crippen LogP contribution in [0.5, 0.6) is 0 Å². The Hall–Kier alpha value is -1.26. The zero-order valence-corrected chi connectivity index (χ0v) is 12.4. The molecule has 1 fully saturated rings. The van der Waals surface area contributed by atoms with Crippen LogP contribution in [0.2, 0.25) is 0 Å². The van der Waals surface area contributed by atoms with Crippen LogP contribution in [0.1, 0.15) is 52.9 Å². The van der Waals surface area contributed by atoms with Gasteiger partial charge in [0.15, 0.2) is 0 Å². The van der Waals surface area contributed by atoms with Gasteiger partial charge in [-0.15, -0.1) is 0 Å². The number of carbonyl (C=O) groups is 2. The van der Waals surface area contributed by atoms with Crippen molar-refractivity contribution < 1.29 is 19.1 Å². The fourth-order valence-electron chi connectivity index (χ4n) is 2.25. The fourth-order valence-corrected chi connectivity index (χ4v) is 2.25. The summed E-state index contributed by atoms with van der Waals surface area (Å²) in [4.78, 5) is 25.1. The number of nitrogens with zero attached hydrogens (tertiary/aromatic N) is 1. The van der Waals surface area contributed by atoms with Crippen LogP contribution in [0.4, 0.5) is 4.79 Å². The molecule has 0 aromatic heterocycles. The lowest BCUT2D eigenvalue weighted by Gasteiger charge is -2.36. The molecular formula is C14H25NO4. The molecule has 5 heteroatoms. The number of rotatable bonds is 3. The summed E-state index contributed by atoms with van der Waals surface area (Å²) in [6.07, 6.45) is 3.73. The van der Waals surface area contributed by atoms with Gasteiger partial charge in [-0.1, -0.05) is 0 Å². The van der Waals surface area contributed by atoms with Gasteiger partial charge >= 0.3 is 12.1 Å². The van der Waals surface area contributed by atoms with Crippen molar-refractivity contribution in [2.75, 3.05) is 13.7 Å². The molecule has 1 amide bonds. The largest absolute Gasteiger partial charge is 0.469 e. The normalized spacial score (nSPS) is 20.0. The third-order valence-corrected chi connectivity index (χ3v) is 3.16. The third kappa shape index (κ3) is 5.49. The summed E-state index contributed by atoms with van der Waals surface area (Å²) in [7, 11) is 1.38. The lowest BCUT2D eigenvalue weighted by molar-refractivity contribution is -0.141. The molecule has 1 saturated heterocycles. The van der Waals surface area contributed by atoms with Crippen molar-refractivity contribution in [1.29, 1.82) is 0 Å². The summed E-state index contributed by atoms with van der Waals surface area (Å²) in [5.41, 5.74) is -0.485. The quantitative estimate of drug-likeness (QED) is 0.741. The lowest BCUT2D eigenvalue weighted by Crippen LogP contribution is -2.46. The zero-order chi connectivity index (χ0) is 14.5. The smallest absolute Gasteiger partial charge is 0.410 e. The van der Waals surface area contributed by atoms with E-state index in [1.807, 2.05) is 20.8 Å². The highest BCUT2D eigenvalue weighted by atomic mass is 16.6. The van der Waals surface area contributed by atoms with E-state index in [-0.39, 0.29) is 18.1 Å². The molecule has 5 nitrogen and oxygen atoms in total. The van der Waals surface area contributed by atoms with Crippen LogP contribution in [0, 0.1) is 0 Å². The van der Waals surface area contributed by atoms with Crippen molar-refractivity contribution in [2.45, 2.75) is 64.5 Å². The van der Waals surface area contributed by atoms with Crippen LogP contribution in [-0.4, -0.2) is 42.3 Å². The van der Waals surface area contributed by atoms with Crippen LogP contribution in [0.15, 0.2) is 0 Å². The number of piperidine rings is 1. The number of ether oxygens (including phenoxy) is 2. The van der Waals surface area contributed by atoms with Crippen molar-refractivity contribution >= 4 is 12.1 Å². The summed E-state index contributed by atoms with van der Waals surface area (Å²) in [6.45, 7) is 6.29. The summed E-state index contributed by atoms with van der Waals surface area (Å²) >= 11 is 0. The zero-order valence-electron chi connectivity index (χ0n) is 12.4. The van der Waals surface area contributed by atoms with E-state index in [1.54, 1.807) is 4.90 Å². The maximum Gasteiger partial charge on any atom is 0.410 e. The first-order valence-corrected chi connectivity index (χ1v) is 6.90. The Kier molecular flexibility index (Phi) is 5.63. The van der Waals surface area contributed by atoms with Gasteiger partial charge in [-0.3, -0.25) is 4.79 Å². The van der Waals surface area contributed by atoms with E-state index in [0.717, 1.165) is 19.3 Å². The Balaban J connectivity index is 2.56. The van der Waals surface area contributed by atoms with Gasteiger partial charge in [0.25, 0.3) is 0 Å². The Morgan fingerprint density at radius 3 is 2.53 bits per heavy atom. The average Bonchev–Trinajstić information content (AvgIpc) is 2.34. The first-order valence-electron chi connectivity index (χ1n) is 6.90. The molecule has 0 aliphatic carbocycles. The maximum absolute atomic E-state index is 12.1. The molecule has 1 heterocycles. The van der Waals surface area contributed by atoms with Gasteiger partial charge in [-0.25, -0.2) is 4.79 Å². The van der Waals surface area contributed by atoms with Crippen LogP contribution in [0.25, 0.3) is 0 Å². The van der Waals surface area contributed by atoms with E-state index >= 15 is 0 Å². The SMILES string of the molecule is COC(=O)CCC1CCCCN1C(=O)OC(C)(C)C. The second-order valence-electron chi connectivity index (χ2n) is 5.94. The maximum atomic E-state index is 12.1. The van der Waals surface area contributed by atoms with Crippen LogP contribution in [-0.2, 0) is 14.3 Å². The monoisotopic (exact) mass is 271 g/mol. The number of esters is 1. The Labute approximate surface area is 115 Å². The molecule has 0 aromatic rings. The van der Waals surface area contributed by atoms with Crippen LogP contribution < -0.4 is 0 Å². The number of methoxy groups -OCH3 is 1. The van der Waals surface area contributed by atoms with Crippen molar-refractivity contribution in [1.82, 2.24) is 4.90 Å². The second-order valence-corrected chi connectivity index (χ2v) is 5.94. The molecule has 0 N–H and O–H groups in total. The number of hydrogen-bond acceptors (Lipinski definition) is 4. The summed E-state index contributed by atoms with van der Waals surface area (Å²) < 4.78 is 10.1. The fraction of sp³-hybridized carbons (Fsp3) is 0.857. The van der Waals surface area contributed by atoms with Gasteiger partial charge < -0.3 is 14.4 Å². The topological polar surface area (TPSA) is 55.8 Å². The highest BCUT2D eigenvalue weighted by Crippen LogP contribution is 2.23. The van der Waals surface area contributed by atoms with E-state index in [2.05, 4.69) is 4.74 Å². The second kappa shape index (κ2) is 6.78. The molecule has 1 aliphatic heterocycles. The number of likely N-dealkylation sites (tertiary alicyclic amines) is 1. The van der Waals surface area contributed by atoms with Gasteiger partial charge in [0.2, 0.25) is 0 Å². The highest BCUT2D eigenvalue weighted by molar-refractivity contribution is 5.70. The van der Waals surface area contributed by atoms with Crippen molar-refractivity contribution in [3.8, 4) is 0 Å². The summed E-state index contributed by atoms with van der Waals surface area (Å²) in [5.74, 6) is -0.227. The van der Waals surface area contributed by atoms with Crippen molar-refractivity contribution in [3.05, 3.63) is 0 Å². The molecule has 0 aromatic carbocycles. The lowest BCUT2D eigenvalue weighted by atomic mass is 9.98. The van der Waals surface area contributed by atoms with Gasteiger partial charge in [0, 0.05) is 19.0 Å². The Morgan fingerprint density at radius 1 is 1.26 bits per heavy atom. The van der Waals surface area contributed by atoms with Crippen molar-refractivity contribution in [2.24, 2.45) is 0 Å². The average molecular weight is 271 g/mol. The Bertz CT molecular complexity index is 322. The molecule has 1 aliphatic rings. The minimum atomic E-state index is -0.485. The highest BCUT2D eigenvalue weighted by Gasteiger charge is 2.30. The molecule has 1 rings (SSSR count). The molecule has 0 saturated carbocycles. The summed E-state index contributed by atoms with van der Waals surface area (Å²) in [5, 5.41) is 0. The van der Waals surface area contributed by atoms with E-state index in [4.69, 9.17) is 4.74 Å². The molecule has 0 radical (unpaired) electrons. The number of amides is 1. The van der Waals surface area contributed by atoms with Crippen LogP contribution in [0.3, 0.4) is 0 Å². The number of hydrogen-bond donors (Lipinski definition) is 0. The Morgan fingerprint density at radius 2 is 1.95 bits per heavy atom. The molecular weight excluding hydrogens is 246 g/mol. The molecule has 0 bridgehead atoms. The predicted molar refractivity (Wildman–Crippen MR) is 71.8 cm³/mol.